The Morgan fingerprint density at radius 3 is 2.22 bits per heavy atom. The highest BCUT2D eigenvalue weighted by molar-refractivity contribution is 5.95. The molecular weight excluding hydrogens is 353 g/mol. The molecule has 0 saturated heterocycles. The van der Waals surface area contributed by atoms with Gasteiger partial charge in [-0.3, -0.25) is 4.79 Å². The van der Waals surface area contributed by atoms with Gasteiger partial charge in [0.25, 0.3) is 5.91 Å². The molecular formula is C21H17F3N2O. The van der Waals surface area contributed by atoms with Gasteiger partial charge in [0.2, 0.25) is 0 Å². The van der Waals surface area contributed by atoms with E-state index in [4.69, 9.17) is 0 Å². The molecule has 0 aliphatic carbocycles. The zero-order chi connectivity index (χ0) is 19.3. The van der Waals surface area contributed by atoms with Crippen LogP contribution in [0.2, 0.25) is 0 Å². The van der Waals surface area contributed by atoms with E-state index in [1.807, 2.05) is 36.4 Å². The number of amides is 1. The number of nitrogens with one attached hydrogen (secondary N) is 2. The Balaban J connectivity index is 1.70. The Labute approximate surface area is 154 Å². The number of benzene rings is 3. The average Bonchev–Trinajstić information content (AvgIpc) is 2.66. The lowest BCUT2D eigenvalue weighted by molar-refractivity contribution is -0.138. The molecule has 0 aromatic heterocycles. The molecule has 0 saturated carbocycles. The van der Waals surface area contributed by atoms with Crippen LogP contribution < -0.4 is 10.6 Å². The van der Waals surface area contributed by atoms with Crippen LogP contribution in [0.25, 0.3) is 0 Å². The fourth-order valence-corrected chi connectivity index (χ4v) is 2.65. The van der Waals surface area contributed by atoms with E-state index < -0.39 is 17.6 Å². The molecule has 0 fully saturated rings. The molecule has 0 bridgehead atoms. The van der Waals surface area contributed by atoms with E-state index in [0.29, 0.717) is 11.3 Å². The Bertz CT molecular complexity index is 924. The minimum Gasteiger partial charge on any atom is -0.356 e. The standard InChI is InChI=1S/C21H17F3N2O/c22-21(23,24)19-12-5-4-7-16(19)14-25-20(27)15-8-6-11-18(13-15)26-17-9-2-1-3-10-17/h1-13,26H,14H2,(H,25,27). The monoisotopic (exact) mass is 370 g/mol. The fourth-order valence-electron chi connectivity index (χ4n) is 2.65. The molecule has 27 heavy (non-hydrogen) atoms. The van der Waals surface area contributed by atoms with Gasteiger partial charge in [0.05, 0.1) is 5.56 Å². The molecule has 1 amide bonds. The summed E-state index contributed by atoms with van der Waals surface area (Å²) in [5, 5.41) is 5.73. The van der Waals surface area contributed by atoms with E-state index in [9.17, 15) is 18.0 Å². The van der Waals surface area contributed by atoms with Crippen LogP contribution in [0.4, 0.5) is 24.5 Å². The van der Waals surface area contributed by atoms with Gasteiger partial charge in [-0.2, -0.15) is 13.2 Å². The molecule has 6 heteroatoms. The molecule has 138 valence electrons. The maximum Gasteiger partial charge on any atom is 0.416 e. The van der Waals surface area contributed by atoms with Crippen LogP contribution in [0.5, 0.6) is 0 Å². The maximum atomic E-state index is 13.0. The van der Waals surface area contributed by atoms with Crippen LogP contribution in [0.15, 0.2) is 78.9 Å². The van der Waals surface area contributed by atoms with E-state index >= 15 is 0 Å². The predicted molar refractivity (Wildman–Crippen MR) is 98.8 cm³/mol. The topological polar surface area (TPSA) is 41.1 Å². The summed E-state index contributed by atoms with van der Waals surface area (Å²) in [4.78, 5) is 12.4. The van der Waals surface area contributed by atoms with Gasteiger partial charge in [-0.1, -0.05) is 42.5 Å². The van der Waals surface area contributed by atoms with Crippen molar-refractivity contribution in [1.29, 1.82) is 0 Å². The lowest BCUT2D eigenvalue weighted by Crippen LogP contribution is -2.24. The Morgan fingerprint density at radius 1 is 0.815 bits per heavy atom. The van der Waals surface area contributed by atoms with Gasteiger partial charge in [0.15, 0.2) is 0 Å². The number of hydrogen-bond acceptors (Lipinski definition) is 2. The molecule has 3 aromatic rings. The quantitative estimate of drug-likeness (QED) is 0.633. The molecule has 3 rings (SSSR count). The molecule has 0 atom stereocenters. The first-order valence-corrected chi connectivity index (χ1v) is 8.29. The summed E-state index contributed by atoms with van der Waals surface area (Å²) in [5.41, 5.74) is 1.22. The highest BCUT2D eigenvalue weighted by Gasteiger charge is 2.32. The van der Waals surface area contributed by atoms with Crippen molar-refractivity contribution in [1.82, 2.24) is 5.32 Å². The lowest BCUT2D eigenvalue weighted by Gasteiger charge is -2.13. The number of carbonyl (C=O) groups is 1. The predicted octanol–water partition coefficient (Wildman–Crippen LogP) is 5.38. The third-order valence-corrected chi connectivity index (χ3v) is 3.95. The first kappa shape index (κ1) is 18.5. The number of carbonyl (C=O) groups excluding carboxylic acids is 1. The summed E-state index contributed by atoms with van der Waals surface area (Å²) in [6.07, 6.45) is -4.46. The van der Waals surface area contributed by atoms with Crippen LogP contribution in [0.3, 0.4) is 0 Å². The van der Waals surface area contributed by atoms with Crippen LogP contribution in [0.1, 0.15) is 21.5 Å². The largest absolute Gasteiger partial charge is 0.416 e. The van der Waals surface area contributed by atoms with Crippen molar-refractivity contribution >= 4 is 17.3 Å². The second-order valence-corrected chi connectivity index (χ2v) is 5.91. The second-order valence-electron chi connectivity index (χ2n) is 5.91. The van der Waals surface area contributed by atoms with Crippen molar-refractivity contribution in [2.75, 3.05) is 5.32 Å². The normalized spacial score (nSPS) is 11.1. The van der Waals surface area contributed by atoms with Crippen LogP contribution >= 0.6 is 0 Å². The van der Waals surface area contributed by atoms with Crippen molar-refractivity contribution in [2.24, 2.45) is 0 Å². The molecule has 0 unspecified atom stereocenters. The third kappa shape index (κ3) is 4.88. The van der Waals surface area contributed by atoms with Crippen molar-refractivity contribution in [3.05, 3.63) is 95.6 Å². The molecule has 0 radical (unpaired) electrons. The zero-order valence-electron chi connectivity index (χ0n) is 14.3. The van der Waals surface area contributed by atoms with E-state index in [2.05, 4.69) is 10.6 Å². The first-order valence-electron chi connectivity index (χ1n) is 8.29. The van der Waals surface area contributed by atoms with E-state index in [0.717, 1.165) is 11.8 Å². The highest BCUT2D eigenvalue weighted by atomic mass is 19.4. The minimum absolute atomic E-state index is 0.0249. The summed E-state index contributed by atoms with van der Waals surface area (Å²) in [5.74, 6) is -0.441. The van der Waals surface area contributed by atoms with Gasteiger partial charge in [-0.15, -0.1) is 0 Å². The molecule has 3 aromatic carbocycles. The summed E-state index contributed by atoms with van der Waals surface area (Å²) in [6, 6.07) is 21.4. The van der Waals surface area contributed by atoms with Gasteiger partial charge in [-0.25, -0.2) is 0 Å². The summed E-state index contributed by atoms with van der Waals surface area (Å²) >= 11 is 0. The summed E-state index contributed by atoms with van der Waals surface area (Å²) in [6.45, 7) is -0.204. The number of hydrogen-bond donors (Lipinski definition) is 2. The molecule has 0 heterocycles. The van der Waals surface area contributed by atoms with Crippen molar-refractivity contribution in [3.8, 4) is 0 Å². The lowest BCUT2D eigenvalue weighted by atomic mass is 10.1. The molecule has 0 aliphatic rings. The van der Waals surface area contributed by atoms with E-state index in [1.165, 1.54) is 18.2 Å². The van der Waals surface area contributed by atoms with E-state index in [1.54, 1.807) is 18.2 Å². The van der Waals surface area contributed by atoms with E-state index in [-0.39, 0.29) is 12.1 Å². The third-order valence-electron chi connectivity index (χ3n) is 3.95. The second kappa shape index (κ2) is 7.95. The zero-order valence-corrected chi connectivity index (χ0v) is 14.3. The smallest absolute Gasteiger partial charge is 0.356 e. The van der Waals surface area contributed by atoms with Crippen molar-refractivity contribution in [2.45, 2.75) is 12.7 Å². The van der Waals surface area contributed by atoms with Gasteiger partial charge in [0.1, 0.15) is 0 Å². The first-order chi connectivity index (χ1) is 12.9. The van der Waals surface area contributed by atoms with Crippen LogP contribution in [0, 0.1) is 0 Å². The molecule has 0 spiro atoms. The highest BCUT2D eigenvalue weighted by Crippen LogP contribution is 2.31. The van der Waals surface area contributed by atoms with Crippen molar-refractivity contribution < 1.29 is 18.0 Å². The Kier molecular flexibility index (Phi) is 5.45. The minimum atomic E-state index is -4.46. The number of rotatable bonds is 5. The number of alkyl halides is 3. The van der Waals surface area contributed by atoms with Crippen LogP contribution in [-0.4, -0.2) is 5.91 Å². The molecule has 3 nitrogen and oxygen atoms in total. The number of halogens is 3. The number of anilines is 2. The molecule has 2 N–H and O–H groups in total. The Hall–Kier alpha value is -3.28. The maximum absolute atomic E-state index is 13.0. The SMILES string of the molecule is O=C(NCc1ccccc1C(F)(F)F)c1cccc(Nc2ccccc2)c1. The average molecular weight is 370 g/mol. The van der Waals surface area contributed by atoms with Gasteiger partial charge < -0.3 is 10.6 Å². The van der Waals surface area contributed by atoms with Gasteiger partial charge >= 0.3 is 6.18 Å². The molecule has 0 aliphatic heterocycles. The van der Waals surface area contributed by atoms with Gasteiger partial charge in [0, 0.05) is 23.5 Å². The number of para-hydroxylation sites is 1. The van der Waals surface area contributed by atoms with Gasteiger partial charge in [-0.05, 0) is 42.0 Å². The van der Waals surface area contributed by atoms with Crippen LogP contribution in [-0.2, 0) is 12.7 Å². The summed E-state index contributed by atoms with van der Waals surface area (Å²) < 4.78 is 39.1. The Morgan fingerprint density at radius 2 is 1.48 bits per heavy atom. The van der Waals surface area contributed by atoms with Crippen molar-refractivity contribution in [3.63, 3.8) is 0 Å². The fraction of sp³-hybridized carbons (Fsp3) is 0.0952. The summed E-state index contributed by atoms with van der Waals surface area (Å²) in [7, 11) is 0.